The van der Waals surface area contributed by atoms with Gasteiger partial charge in [0.25, 0.3) is 17.6 Å². The number of piperazine rings is 1. The average Bonchev–Trinajstić information content (AvgIpc) is 3.33. The number of aromatic nitrogens is 1. The van der Waals surface area contributed by atoms with E-state index in [9.17, 15) is 24.0 Å². The van der Waals surface area contributed by atoms with E-state index in [1.165, 1.54) is 11.1 Å². The smallest absolute Gasteiger partial charge is 0.319 e. The summed E-state index contributed by atoms with van der Waals surface area (Å²) in [5, 5.41) is 14.2. The molecule has 1 aromatic heterocycles. The summed E-state index contributed by atoms with van der Waals surface area (Å²) in [7, 11) is 0. The third-order valence-electron chi connectivity index (χ3n) is 5.90. The van der Waals surface area contributed by atoms with Gasteiger partial charge in [0.05, 0.1) is 23.2 Å². The lowest BCUT2D eigenvalue weighted by atomic mass is 10.1. The van der Waals surface area contributed by atoms with E-state index in [1.807, 2.05) is 6.07 Å². The number of nitrogens with zero attached hydrogens (tertiary/aromatic N) is 2. The summed E-state index contributed by atoms with van der Waals surface area (Å²) >= 11 is 0. The number of aliphatic carboxylic acids is 1. The second-order valence-electron chi connectivity index (χ2n) is 8.23. The van der Waals surface area contributed by atoms with Crippen molar-refractivity contribution in [2.24, 2.45) is 0 Å². The first-order valence-corrected chi connectivity index (χ1v) is 11.4. The molecule has 0 spiro atoms. The molecule has 4 rings (SSSR count). The number of carbonyl (C=O) groups excluding carboxylic acids is 4. The van der Waals surface area contributed by atoms with Crippen LogP contribution in [0.4, 0.5) is 10.5 Å². The van der Waals surface area contributed by atoms with Crippen LogP contribution in [0.3, 0.4) is 0 Å². The first-order chi connectivity index (χ1) is 17.3. The highest BCUT2D eigenvalue weighted by Crippen LogP contribution is 2.26. The second-order valence-corrected chi connectivity index (χ2v) is 8.23. The molecule has 2 heterocycles. The van der Waals surface area contributed by atoms with Gasteiger partial charge in [0.1, 0.15) is 0 Å². The summed E-state index contributed by atoms with van der Waals surface area (Å²) in [6.45, 7) is 1.10. The molecule has 36 heavy (non-hydrogen) atoms. The van der Waals surface area contributed by atoms with E-state index in [2.05, 4.69) is 15.6 Å². The summed E-state index contributed by atoms with van der Waals surface area (Å²) in [6, 6.07) is 13.2. The molecule has 11 nitrogen and oxygen atoms in total. The van der Waals surface area contributed by atoms with Gasteiger partial charge in [0.2, 0.25) is 0 Å². The number of hydrogen-bond acceptors (Lipinski definition) is 5. The monoisotopic (exact) mass is 491 g/mol. The van der Waals surface area contributed by atoms with Crippen LogP contribution in [-0.4, -0.2) is 82.2 Å². The van der Waals surface area contributed by atoms with Crippen molar-refractivity contribution >= 4 is 46.2 Å². The molecule has 11 heteroatoms. The molecule has 1 aliphatic heterocycles. The number of amides is 4. The van der Waals surface area contributed by atoms with E-state index in [-0.39, 0.29) is 37.5 Å². The van der Waals surface area contributed by atoms with E-state index in [0.29, 0.717) is 35.2 Å². The van der Waals surface area contributed by atoms with Gasteiger partial charge in [-0.05, 0) is 18.2 Å². The maximum absolute atomic E-state index is 13.0. The molecule has 2 aromatic carbocycles. The van der Waals surface area contributed by atoms with Crippen LogP contribution < -0.4 is 10.6 Å². The molecule has 0 unspecified atom stereocenters. The lowest BCUT2D eigenvalue weighted by Gasteiger charge is -2.34. The Morgan fingerprint density at radius 2 is 1.58 bits per heavy atom. The van der Waals surface area contributed by atoms with Crippen LogP contribution in [0.1, 0.15) is 27.1 Å². The Labute approximate surface area is 206 Å². The number of rotatable bonds is 7. The van der Waals surface area contributed by atoms with E-state index in [0.717, 1.165) is 0 Å². The summed E-state index contributed by atoms with van der Waals surface area (Å²) < 4.78 is 0. The number of H-pyrrole nitrogens is 1. The number of para-hydroxylation sites is 1. The fourth-order valence-corrected chi connectivity index (χ4v) is 4.03. The topological polar surface area (TPSA) is 152 Å². The SMILES string of the molecule is O=C(O)CCNC(=O)Nc1cccc2c(C(=O)C(=O)N3CCN(C(=O)c4ccccc4)CC3)c[nH]c12. The van der Waals surface area contributed by atoms with Crippen molar-refractivity contribution in [1.29, 1.82) is 0 Å². The minimum absolute atomic E-state index is 0.0374. The van der Waals surface area contributed by atoms with Gasteiger partial charge in [0, 0.05) is 49.9 Å². The van der Waals surface area contributed by atoms with Gasteiger partial charge in [0.15, 0.2) is 0 Å². The lowest BCUT2D eigenvalue weighted by Crippen LogP contribution is -2.52. The van der Waals surface area contributed by atoms with Crippen LogP contribution >= 0.6 is 0 Å². The fraction of sp³-hybridized carbons (Fsp3) is 0.240. The summed E-state index contributed by atoms with van der Waals surface area (Å²) in [4.78, 5) is 67.3. The van der Waals surface area contributed by atoms with Crippen LogP contribution in [0.15, 0.2) is 54.7 Å². The number of carbonyl (C=O) groups is 5. The molecule has 186 valence electrons. The third-order valence-corrected chi connectivity index (χ3v) is 5.90. The van der Waals surface area contributed by atoms with Crippen molar-refractivity contribution in [1.82, 2.24) is 20.1 Å². The van der Waals surface area contributed by atoms with Crippen LogP contribution in [0.5, 0.6) is 0 Å². The highest BCUT2D eigenvalue weighted by molar-refractivity contribution is 6.45. The minimum atomic E-state index is -1.03. The summed E-state index contributed by atoms with van der Waals surface area (Å²) in [5.74, 6) is -2.49. The van der Waals surface area contributed by atoms with Crippen LogP contribution in [0, 0.1) is 0 Å². The van der Waals surface area contributed by atoms with Gasteiger partial charge in [-0.1, -0.05) is 30.3 Å². The molecule has 1 saturated heterocycles. The first kappa shape index (κ1) is 24.5. The molecule has 0 aliphatic carbocycles. The molecule has 0 saturated carbocycles. The van der Waals surface area contributed by atoms with E-state index in [4.69, 9.17) is 5.11 Å². The second kappa shape index (κ2) is 10.7. The molecule has 0 atom stereocenters. The Balaban J connectivity index is 1.40. The molecule has 4 N–H and O–H groups in total. The van der Waals surface area contributed by atoms with Gasteiger partial charge in [-0.15, -0.1) is 0 Å². The number of benzene rings is 2. The van der Waals surface area contributed by atoms with Crippen molar-refractivity contribution in [2.75, 3.05) is 38.0 Å². The fourth-order valence-electron chi connectivity index (χ4n) is 4.03. The number of hydrogen-bond donors (Lipinski definition) is 4. The molecule has 0 radical (unpaired) electrons. The Morgan fingerprint density at radius 3 is 2.28 bits per heavy atom. The Bertz CT molecular complexity index is 1310. The molecule has 3 aromatic rings. The zero-order valence-electron chi connectivity index (χ0n) is 19.3. The van der Waals surface area contributed by atoms with Crippen LogP contribution in [-0.2, 0) is 9.59 Å². The first-order valence-electron chi connectivity index (χ1n) is 11.4. The standard InChI is InChI=1S/C25H25N5O6/c31-20(32)9-10-26-25(36)28-19-8-4-7-17-18(15-27-21(17)19)22(33)24(35)30-13-11-29(12-14-30)23(34)16-5-2-1-3-6-16/h1-8,15,27H,9-14H2,(H,31,32)(H2,26,28,36). The van der Waals surface area contributed by atoms with Gasteiger partial charge in [-0.25, -0.2) is 4.79 Å². The highest BCUT2D eigenvalue weighted by atomic mass is 16.4. The Kier molecular flexibility index (Phi) is 7.28. The zero-order valence-corrected chi connectivity index (χ0v) is 19.3. The van der Waals surface area contributed by atoms with E-state index >= 15 is 0 Å². The molecule has 4 amide bonds. The summed E-state index contributed by atoms with van der Waals surface area (Å²) in [6.07, 6.45) is 1.21. The quantitative estimate of drug-likeness (QED) is 0.293. The van der Waals surface area contributed by atoms with Crippen molar-refractivity contribution in [3.63, 3.8) is 0 Å². The highest BCUT2D eigenvalue weighted by Gasteiger charge is 2.30. The van der Waals surface area contributed by atoms with Gasteiger partial charge in [-0.3, -0.25) is 19.2 Å². The number of carboxylic acid groups (broad SMARTS) is 1. The van der Waals surface area contributed by atoms with E-state index in [1.54, 1.807) is 47.4 Å². The third kappa shape index (κ3) is 5.35. The van der Waals surface area contributed by atoms with Crippen LogP contribution in [0.25, 0.3) is 10.9 Å². The number of aromatic amines is 1. The predicted octanol–water partition coefficient (Wildman–Crippen LogP) is 1.93. The number of carboxylic acids is 1. The Morgan fingerprint density at radius 1 is 0.889 bits per heavy atom. The van der Waals surface area contributed by atoms with Crippen molar-refractivity contribution < 1.29 is 29.1 Å². The van der Waals surface area contributed by atoms with Crippen LogP contribution in [0.2, 0.25) is 0 Å². The zero-order chi connectivity index (χ0) is 25.7. The van der Waals surface area contributed by atoms with Gasteiger partial charge < -0.3 is 30.5 Å². The largest absolute Gasteiger partial charge is 0.481 e. The predicted molar refractivity (Wildman–Crippen MR) is 131 cm³/mol. The van der Waals surface area contributed by atoms with Crippen molar-refractivity contribution in [3.8, 4) is 0 Å². The Hall–Kier alpha value is -4.67. The number of fused-ring (bicyclic) bond motifs is 1. The number of Topliss-reactive ketones (excluding diaryl/α,β-unsaturated/α-hetero) is 1. The maximum Gasteiger partial charge on any atom is 0.319 e. The molecular weight excluding hydrogens is 466 g/mol. The number of urea groups is 1. The van der Waals surface area contributed by atoms with Crippen molar-refractivity contribution in [2.45, 2.75) is 6.42 Å². The number of anilines is 1. The number of nitrogens with one attached hydrogen (secondary N) is 3. The number of ketones is 1. The molecule has 0 bridgehead atoms. The molecular formula is C25H25N5O6. The minimum Gasteiger partial charge on any atom is -0.481 e. The average molecular weight is 492 g/mol. The molecule has 1 fully saturated rings. The van der Waals surface area contributed by atoms with Crippen molar-refractivity contribution in [3.05, 3.63) is 65.9 Å². The molecule has 1 aliphatic rings. The lowest BCUT2D eigenvalue weighted by molar-refractivity contribution is -0.136. The summed E-state index contributed by atoms with van der Waals surface area (Å²) in [5.41, 5.74) is 1.58. The normalized spacial score (nSPS) is 13.3. The van der Waals surface area contributed by atoms with E-state index < -0.39 is 23.7 Å². The van der Waals surface area contributed by atoms with Gasteiger partial charge in [-0.2, -0.15) is 0 Å². The van der Waals surface area contributed by atoms with Gasteiger partial charge >= 0.3 is 12.0 Å². The maximum atomic E-state index is 13.0.